The van der Waals surface area contributed by atoms with Crippen molar-refractivity contribution in [3.63, 3.8) is 0 Å². The largest absolute Gasteiger partial charge is 0.465 e. The molecule has 1 aliphatic carbocycles. The van der Waals surface area contributed by atoms with Crippen LogP contribution in [0.5, 0.6) is 0 Å². The van der Waals surface area contributed by atoms with Gasteiger partial charge in [-0.25, -0.2) is 9.59 Å². The molecule has 0 radical (unpaired) electrons. The van der Waals surface area contributed by atoms with Crippen LogP contribution >= 0.6 is 11.3 Å². The van der Waals surface area contributed by atoms with Crippen molar-refractivity contribution in [3.8, 4) is 0 Å². The average molecular weight is 493 g/mol. The third-order valence-electron chi connectivity index (χ3n) is 5.66. The second-order valence-corrected chi connectivity index (χ2v) is 8.71. The van der Waals surface area contributed by atoms with Gasteiger partial charge in [-0.1, -0.05) is 12.2 Å². The molecule has 1 saturated heterocycles. The van der Waals surface area contributed by atoms with Crippen LogP contribution in [-0.2, 0) is 33.4 Å². The van der Waals surface area contributed by atoms with Crippen molar-refractivity contribution >= 4 is 52.0 Å². The summed E-state index contributed by atoms with van der Waals surface area (Å²) in [5.41, 5.74) is 0.279. The van der Waals surface area contributed by atoms with Gasteiger partial charge in [-0.3, -0.25) is 24.1 Å². The van der Waals surface area contributed by atoms with Gasteiger partial charge in [0.2, 0.25) is 11.8 Å². The first-order valence-electron chi connectivity index (χ1n) is 10.4. The maximum Gasteiger partial charge on any atom is 0.348 e. The van der Waals surface area contributed by atoms with Crippen LogP contribution in [0.2, 0.25) is 0 Å². The SMILES string of the molecule is COC(=O)c1sc(NC(=O)COC(=O)CCN2C(=O)C3CC=CCC3C2=O)c(C(=O)OC)c1C. The van der Waals surface area contributed by atoms with E-state index < -0.39 is 30.4 Å². The number of esters is 3. The molecule has 34 heavy (non-hydrogen) atoms. The minimum Gasteiger partial charge on any atom is -0.465 e. The highest BCUT2D eigenvalue weighted by atomic mass is 32.1. The predicted molar refractivity (Wildman–Crippen MR) is 118 cm³/mol. The molecule has 0 aromatic carbocycles. The van der Waals surface area contributed by atoms with Gasteiger partial charge in [0.15, 0.2) is 6.61 Å². The van der Waals surface area contributed by atoms with Crippen LogP contribution in [-0.4, -0.2) is 67.9 Å². The Kier molecular flexibility index (Phi) is 7.82. The summed E-state index contributed by atoms with van der Waals surface area (Å²) in [7, 11) is 2.34. The third-order valence-corrected chi connectivity index (χ3v) is 6.85. The lowest BCUT2D eigenvalue weighted by atomic mass is 9.85. The molecule has 2 unspecified atom stereocenters. The summed E-state index contributed by atoms with van der Waals surface area (Å²) >= 11 is 0.828. The number of hydrogen-bond donors (Lipinski definition) is 1. The highest BCUT2D eigenvalue weighted by Gasteiger charge is 2.47. The fraction of sp³-hybridized carbons (Fsp3) is 0.455. The van der Waals surface area contributed by atoms with E-state index in [-0.39, 0.29) is 57.6 Å². The van der Waals surface area contributed by atoms with Crippen LogP contribution in [0, 0.1) is 18.8 Å². The Hall–Kier alpha value is -3.54. The molecule has 3 amide bonds. The Morgan fingerprint density at radius 1 is 1.03 bits per heavy atom. The van der Waals surface area contributed by atoms with Crippen LogP contribution in [0.1, 0.15) is 44.9 Å². The zero-order valence-electron chi connectivity index (χ0n) is 18.9. The minimum atomic E-state index is -0.769. The molecule has 2 heterocycles. The lowest BCUT2D eigenvalue weighted by Gasteiger charge is -2.14. The number of nitrogens with zero attached hydrogens (tertiary/aromatic N) is 1. The van der Waals surface area contributed by atoms with E-state index in [1.165, 1.54) is 14.0 Å². The minimum absolute atomic E-state index is 0.00501. The van der Waals surface area contributed by atoms with E-state index in [9.17, 15) is 28.8 Å². The second-order valence-electron chi connectivity index (χ2n) is 7.69. The van der Waals surface area contributed by atoms with Crippen LogP contribution in [0.3, 0.4) is 0 Å². The first-order valence-corrected chi connectivity index (χ1v) is 11.3. The molecular formula is C22H24N2O9S. The first-order chi connectivity index (χ1) is 16.2. The van der Waals surface area contributed by atoms with E-state index in [0.29, 0.717) is 12.8 Å². The van der Waals surface area contributed by atoms with Crippen LogP contribution < -0.4 is 5.32 Å². The van der Waals surface area contributed by atoms with Gasteiger partial charge >= 0.3 is 17.9 Å². The number of carbonyl (C=O) groups excluding carboxylic acids is 6. The summed E-state index contributed by atoms with van der Waals surface area (Å²) in [5.74, 6) is -4.31. The van der Waals surface area contributed by atoms with Crippen LogP contribution in [0.15, 0.2) is 12.2 Å². The number of likely N-dealkylation sites (tertiary alicyclic amines) is 1. The quantitative estimate of drug-likeness (QED) is 0.247. The van der Waals surface area contributed by atoms with Crippen molar-refractivity contribution in [2.24, 2.45) is 11.8 Å². The number of thiophene rings is 1. The van der Waals surface area contributed by atoms with Gasteiger partial charge in [0.25, 0.3) is 5.91 Å². The predicted octanol–water partition coefficient (Wildman–Crippen LogP) is 1.45. The zero-order valence-corrected chi connectivity index (χ0v) is 19.7. The van der Waals surface area contributed by atoms with Crippen molar-refractivity contribution in [3.05, 3.63) is 28.2 Å². The number of amides is 3. The normalized spacial score (nSPS) is 19.0. The van der Waals surface area contributed by atoms with Crippen molar-refractivity contribution in [2.75, 3.05) is 32.7 Å². The molecule has 1 N–H and O–H groups in total. The van der Waals surface area contributed by atoms with Gasteiger partial charge in [-0.05, 0) is 25.3 Å². The van der Waals surface area contributed by atoms with Crippen LogP contribution in [0.25, 0.3) is 0 Å². The Morgan fingerprint density at radius 2 is 1.62 bits per heavy atom. The molecule has 0 bridgehead atoms. The number of rotatable bonds is 8. The average Bonchev–Trinajstić information content (AvgIpc) is 3.28. The van der Waals surface area contributed by atoms with E-state index in [1.54, 1.807) is 0 Å². The molecule has 1 fully saturated rings. The first kappa shape index (κ1) is 25.1. The lowest BCUT2D eigenvalue weighted by Crippen LogP contribution is -2.33. The van der Waals surface area contributed by atoms with Crippen molar-refractivity contribution in [1.82, 2.24) is 4.90 Å². The van der Waals surface area contributed by atoms with E-state index in [2.05, 4.69) is 10.1 Å². The lowest BCUT2D eigenvalue weighted by molar-refractivity contribution is -0.148. The standard InChI is InChI=1S/C22H24N2O9S/c1-11-16(21(29)31-2)18(34-17(11)22(30)32-3)23-14(25)10-33-15(26)8-9-24-19(27)12-6-4-5-7-13(12)20(24)28/h4-5,12-13H,6-10H2,1-3H3,(H,23,25). The molecule has 2 atom stereocenters. The number of fused-ring (bicyclic) bond motifs is 1. The molecule has 182 valence electrons. The smallest absolute Gasteiger partial charge is 0.348 e. The number of carbonyl (C=O) groups is 6. The number of allylic oxidation sites excluding steroid dienone is 2. The fourth-order valence-corrected chi connectivity index (χ4v) is 5.04. The molecule has 3 rings (SSSR count). The van der Waals surface area contributed by atoms with E-state index in [4.69, 9.17) is 9.47 Å². The molecule has 1 aromatic rings. The van der Waals surface area contributed by atoms with E-state index >= 15 is 0 Å². The molecular weight excluding hydrogens is 468 g/mol. The summed E-state index contributed by atoms with van der Waals surface area (Å²) in [6.45, 7) is 0.725. The number of nitrogens with one attached hydrogen (secondary N) is 1. The highest BCUT2D eigenvalue weighted by Crippen LogP contribution is 2.35. The number of anilines is 1. The number of imide groups is 1. The van der Waals surface area contributed by atoms with Gasteiger partial charge in [0, 0.05) is 6.54 Å². The molecule has 0 spiro atoms. The number of ether oxygens (including phenoxy) is 3. The summed E-state index contributed by atoms with van der Waals surface area (Å²) in [6, 6.07) is 0. The summed E-state index contributed by atoms with van der Waals surface area (Å²) < 4.78 is 14.3. The summed E-state index contributed by atoms with van der Waals surface area (Å²) in [5, 5.41) is 2.49. The van der Waals surface area contributed by atoms with E-state index in [1.807, 2.05) is 12.2 Å². The van der Waals surface area contributed by atoms with Gasteiger partial charge in [0.1, 0.15) is 9.88 Å². The summed E-state index contributed by atoms with van der Waals surface area (Å²) in [6.07, 6.45) is 4.50. The highest BCUT2D eigenvalue weighted by molar-refractivity contribution is 7.18. The molecule has 12 heteroatoms. The van der Waals surface area contributed by atoms with E-state index in [0.717, 1.165) is 23.3 Å². The Balaban J connectivity index is 1.55. The second kappa shape index (κ2) is 10.6. The molecule has 1 aliphatic heterocycles. The third kappa shape index (κ3) is 5.01. The Bertz CT molecular complexity index is 1050. The maximum absolute atomic E-state index is 12.4. The van der Waals surface area contributed by atoms with Crippen molar-refractivity contribution in [2.45, 2.75) is 26.2 Å². The topological polar surface area (TPSA) is 145 Å². The zero-order chi connectivity index (χ0) is 25.0. The van der Waals surface area contributed by atoms with Crippen molar-refractivity contribution < 1.29 is 43.0 Å². The summed E-state index contributed by atoms with van der Waals surface area (Å²) in [4.78, 5) is 74.5. The van der Waals surface area contributed by atoms with Gasteiger partial charge in [0.05, 0.1) is 38.0 Å². The maximum atomic E-state index is 12.4. The molecule has 1 aromatic heterocycles. The Morgan fingerprint density at radius 3 is 2.18 bits per heavy atom. The Labute approximate surface area is 199 Å². The van der Waals surface area contributed by atoms with Crippen LogP contribution in [0.4, 0.5) is 5.00 Å². The fourth-order valence-electron chi connectivity index (χ4n) is 3.91. The molecule has 0 saturated carbocycles. The van der Waals surface area contributed by atoms with Gasteiger partial charge in [-0.15, -0.1) is 11.3 Å². The number of hydrogen-bond acceptors (Lipinski definition) is 10. The monoisotopic (exact) mass is 492 g/mol. The molecule has 2 aliphatic rings. The van der Waals surface area contributed by atoms with Crippen molar-refractivity contribution in [1.29, 1.82) is 0 Å². The van der Waals surface area contributed by atoms with Gasteiger partial charge in [-0.2, -0.15) is 0 Å². The molecule has 11 nitrogen and oxygen atoms in total. The van der Waals surface area contributed by atoms with Gasteiger partial charge < -0.3 is 19.5 Å². The number of methoxy groups -OCH3 is 2.